The summed E-state index contributed by atoms with van der Waals surface area (Å²) in [5.41, 5.74) is 0.505. The summed E-state index contributed by atoms with van der Waals surface area (Å²) in [5, 5.41) is 3.74. The van der Waals surface area contributed by atoms with Gasteiger partial charge in [0, 0.05) is 0 Å². The predicted molar refractivity (Wildman–Crippen MR) is 80.0 cm³/mol. The van der Waals surface area contributed by atoms with E-state index in [1.807, 2.05) is 0 Å². The van der Waals surface area contributed by atoms with Gasteiger partial charge in [-0.15, -0.1) is 0 Å². The first-order valence-corrected chi connectivity index (χ1v) is 7.38. The average molecular weight is 301 g/mol. The zero-order chi connectivity index (χ0) is 13.7. The second-order valence-electron chi connectivity index (χ2n) is 4.84. The second-order valence-corrected chi connectivity index (χ2v) is 5.65. The number of halogens is 2. The highest BCUT2D eigenvalue weighted by Gasteiger charge is 2.15. The fourth-order valence-electron chi connectivity index (χ4n) is 2.29. The average Bonchev–Trinajstić information content (AvgIpc) is 2.63. The van der Waals surface area contributed by atoms with Gasteiger partial charge in [0.25, 0.3) is 0 Å². The van der Waals surface area contributed by atoms with E-state index in [1.165, 1.54) is 25.7 Å². The summed E-state index contributed by atoms with van der Waals surface area (Å²) >= 11 is 12.1. The number of anilines is 1. The quantitative estimate of drug-likeness (QED) is 0.920. The van der Waals surface area contributed by atoms with Gasteiger partial charge in [-0.1, -0.05) is 42.1 Å². The number of amides is 1. The van der Waals surface area contributed by atoms with Gasteiger partial charge in [-0.05, 0) is 38.1 Å². The number of carbonyl (C=O) groups excluding carboxylic acids is 1. The fourth-order valence-corrected chi connectivity index (χ4v) is 2.79. The third-order valence-corrected chi connectivity index (χ3v) is 3.92. The van der Waals surface area contributed by atoms with Crippen LogP contribution in [0.4, 0.5) is 5.69 Å². The highest BCUT2D eigenvalue weighted by atomic mass is 35.5. The van der Waals surface area contributed by atoms with Crippen molar-refractivity contribution in [3.05, 3.63) is 28.2 Å². The van der Waals surface area contributed by atoms with E-state index in [-0.39, 0.29) is 5.91 Å². The summed E-state index contributed by atoms with van der Waals surface area (Å²) in [7, 11) is 0. The maximum Gasteiger partial charge on any atom is 0.238 e. The molecule has 0 atom stereocenters. The van der Waals surface area contributed by atoms with Gasteiger partial charge in [-0.25, -0.2) is 0 Å². The van der Waals surface area contributed by atoms with Crippen molar-refractivity contribution in [1.82, 2.24) is 4.90 Å². The summed E-state index contributed by atoms with van der Waals surface area (Å²) in [6, 6.07) is 5.19. The van der Waals surface area contributed by atoms with Crippen LogP contribution in [0.1, 0.15) is 25.7 Å². The van der Waals surface area contributed by atoms with Gasteiger partial charge in [0.2, 0.25) is 5.91 Å². The van der Waals surface area contributed by atoms with E-state index in [1.54, 1.807) is 18.2 Å². The number of para-hydroxylation sites is 1. The first kappa shape index (κ1) is 14.6. The lowest BCUT2D eigenvalue weighted by atomic mass is 10.2. The summed E-state index contributed by atoms with van der Waals surface area (Å²) in [6.45, 7) is 2.38. The molecule has 0 aliphatic carbocycles. The van der Waals surface area contributed by atoms with Crippen molar-refractivity contribution in [3.63, 3.8) is 0 Å². The Kier molecular flexibility index (Phi) is 5.49. The number of rotatable bonds is 3. The Morgan fingerprint density at radius 2 is 1.68 bits per heavy atom. The van der Waals surface area contributed by atoms with E-state index >= 15 is 0 Å². The number of hydrogen-bond acceptors (Lipinski definition) is 2. The molecule has 0 unspecified atom stereocenters. The Morgan fingerprint density at radius 3 is 2.26 bits per heavy atom. The standard InChI is InChI=1S/C14H18Cl2N2O/c15-11-6-5-7-12(16)14(11)17-13(19)10-18-8-3-1-2-4-9-18/h5-7H,1-4,8-10H2,(H,17,19). The smallest absolute Gasteiger partial charge is 0.238 e. The van der Waals surface area contributed by atoms with E-state index < -0.39 is 0 Å². The molecule has 0 spiro atoms. The molecule has 104 valence electrons. The Hall–Kier alpha value is -0.770. The predicted octanol–water partition coefficient (Wildman–Crippen LogP) is 3.81. The van der Waals surface area contributed by atoms with Gasteiger partial charge in [0.05, 0.1) is 22.3 Å². The van der Waals surface area contributed by atoms with E-state index in [2.05, 4.69) is 10.2 Å². The Labute approximate surface area is 123 Å². The van der Waals surface area contributed by atoms with E-state index in [0.717, 1.165) is 13.1 Å². The Bertz CT molecular complexity index is 423. The topological polar surface area (TPSA) is 32.3 Å². The van der Waals surface area contributed by atoms with Crippen molar-refractivity contribution in [2.24, 2.45) is 0 Å². The number of likely N-dealkylation sites (tertiary alicyclic amines) is 1. The minimum atomic E-state index is -0.0584. The minimum absolute atomic E-state index is 0.0584. The highest BCUT2D eigenvalue weighted by molar-refractivity contribution is 6.39. The van der Waals surface area contributed by atoms with Crippen LogP contribution >= 0.6 is 23.2 Å². The molecule has 1 amide bonds. The van der Waals surface area contributed by atoms with Crippen LogP contribution in [0, 0.1) is 0 Å². The van der Waals surface area contributed by atoms with E-state index in [0.29, 0.717) is 22.3 Å². The molecule has 1 fully saturated rings. The third kappa shape index (κ3) is 4.37. The molecule has 0 bridgehead atoms. The van der Waals surface area contributed by atoms with Crippen LogP contribution in [0.25, 0.3) is 0 Å². The summed E-state index contributed by atoms with van der Waals surface area (Å²) in [4.78, 5) is 14.2. The monoisotopic (exact) mass is 300 g/mol. The molecule has 5 heteroatoms. The molecule has 1 heterocycles. The maximum atomic E-state index is 12.0. The summed E-state index contributed by atoms with van der Waals surface area (Å²) in [5.74, 6) is -0.0584. The molecular formula is C14H18Cl2N2O. The van der Waals surface area contributed by atoms with Crippen molar-refractivity contribution < 1.29 is 4.79 Å². The van der Waals surface area contributed by atoms with Crippen LogP contribution in [0.15, 0.2) is 18.2 Å². The molecule has 1 aromatic rings. The molecule has 1 aliphatic heterocycles. The molecule has 2 rings (SSSR count). The zero-order valence-corrected chi connectivity index (χ0v) is 12.3. The first-order chi connectivity index (χ1) is 9.16. The summed E-state index contributed by atoms with van der Waals surface area (Å²) in [6.07, 6.45) is 4.85. The Balaban J connectivity index is 1.93. The number of carbonyl (C=O) groups is 1. The first-order valence-electron chi connectivity index (χ1n) is 6.63. The summed E-state index contributed by atoms with van der Waals surface area (Å²) < 4.78 is 0. The zero-order valence-electron chi connectivity index (χ0n) is 10.8. The van der Waals surface area contributed by atoms with E-state index in [9.17, 15) is 4.79 Å². The van der Waals surface area contributed by atoms with Gasteiger partial charge in [-0.3, -0.25) is 9.69 Å². The molecule has 1 saturated heterocycles. The van der Waals surface area contributed by atoms with Crippen LogP contribution in [0.3, 0.4) is 0 Å². The lowest BCUT2D eigenvalue weighted by Gasteiger charge is -2.19. The lowest BCUT2D eigenvalue weighted by molar-refractivity contribution is -0.117. The molecule has 1 N–H and O–H groups in total. The SMILES string of the molecule is O=C(CN1CCCCCC1)Nc1c(Cl)cccc1Cl. The van der Waals surface area contributed by atoms with Crippen molar-refractivity contribution in [1.29, 1.82) is 0 Å². The van der Waals surface area contributed by atoms with Crippen molar-refractivity contribution >= 4 is 34.8 Å². The van der Waals surface area contributed by atoms with Gasteiger partial charge in [0.15, 0.2) is 0 Å². The number of nitrogens with one attached hydrogen (secondary N) is 1. The van der Waals surface area contributed by atoms with Gasteiger partial charge in [0.1, 0.15) is 0 Å². The second kappa shape index (κ2) is 7.13. The van der Waals surface area contributed by atoms with Crippen LogP contribution in [0.5, 0.6) is 0 Å². The molecular weight excluding hydrogens is 283 g/mol. The van der Waals surface area contributed by atoms with Crippen LogP contribution in [0.2, 0.25) is 10.0 Å². The number of hydrogen-bond donors (Lipinski definition) is 1. The normalized spacial score (nSPS) is 16.9. The molecule has 1 aromatic carbocycles. The lowest BCUT2D eigenvalue weighted by Crippen LogP contribution is -2.34. The molecule has 0 radical (unpaired) electrons. The van der Waals surface area contributed by atoms with Crippen molar-refractivity contribution in [2.45, 2.75) is 25.7 Å². The third-order valence-electron chi connectivity index (χ3n) is 3.29. The maximum absolute atomic E-state index is 12.0. The minimum Gasteiger partial charge on any atom is -0.322 e. The largest absolute Gasteiger partial charge is 0.322 e. The number of benzene rings is 1. The Morgan fingerprint density at radius 1 is 1.11 bits per heavy atom. The number of nitrogens with zero attached hydrogens (tertiary/aromatic N) is 1. The molecule has 0 saturated carbocycles. The van der Waals surface area contributed by atoms with Crippen molar-refractivity contribution in [2.75, 3.05) is 25.0 Å². The van der Waals surface area contributed by atoms with Crippen LogP contribution < -0.4 is 5.32 Å². The van der Waals surface area contributed by atoms with Crippen molar-refractivity contribution in [3.8, 4) is 0 Å². The van der Waals surface area contributed by atoms with Crippen LogP contribution in [-0.4, -0.2) is 30.4 Å². The molecule has 1 aliphatic rings. The van der Waals surface area contributed by atoms with E-state index in [4.69, 9.17) is 23.2 Å². The fraction of sp³-hybridized carbons (Fsp3) is 0.500. The molecule has 19 heavy (non-hydrogen) atoms. The highest BCUT2D eigenvalue weighted by Crippen LogP contribution is 2.29. The van der Waals surface area contributed by atoms with Crippen LogP contribution in [-0.2, 0) is 4.79 Å². The van der Waals surface area contributed by atoms with Gasteiger partial charge >= 0.3 is 0 Å². The van der Waals surface area contributed by atoms with Gasteiger partial charge < -0.3 is 5.32 Å². The molecule has 0 aromatic heterocycles. The van der Waals surface area contributed by atoms with Gasteiger partial charge in [-0.2, -0.15) is 0 Å². The molecule has 3 nitrogen and oxygen atoms in total.